The second-order valence-electron chi connectivity index (χ2n) is 4.13. The highest BCUT2D eigenvalue weighted by atomic mass is 79.9. The second kappa shape index (κ2) is 4.86. The minimum Gasteiger partial charge on any atom is -0.493 e. The SMILES string of the molecule is CC(C)(O)CCOc1cc(N)cc(Br)c1. The lowest BCUT2D eigenvalue weighted by Gasteiger charge is -2.17. The lowest BCUT2D eigenvalue weighted by Crippen LogP contribution is -2.21. The zero-order valence-corrected chi connectivity index (χ0v) is 10.5. The fraction of sp³-hybridized carbons (Fsp3) is 0.455. The Kier molecular flexibility index (Phi) is 3.99. The summed E-state index contributed by atoms with van der Waals surface area (Å²) in [6.07, 6.45) is 0.583. The Hall–Kier alpha value is -0.740. The molecule has 1 aromatic rings. The quantitative estimate of drug-likeness (QED) is 0.830. The number of benzene rings is 1. The predicted molar refractivity (Wildman–Crippen MR) is 65.0 cm³/mol. The van der Waals surface area contributed by atoms with Crippen molar-refractivity contribution >= 4 is 21.6 Å². The van der Waals surface area contributed by atoms with Crippen molar-refractivity contribution in [1.82, 2.24) is 0 Å². The number of nitrogens with two attached hydrogens (primary N) is 1. The minimum absolute atomic E-state index is 0.472. The van der Waals surface area contributed by atoms with Crippen LogP contribution in [0.25, 0.3) is 0 Å². The summed E-state index contributed by atoms with van der Waals surface area (Å²) in [5, 5.41) is 9.49. The van der Waals surface area contributed by atoms with Crippen LogP contribution in [0.2, 0.25) is 0 Å². The Bertz CT molecular complexity index is 314. The molecule has 0 amide bonds. The van der Waals surface area contributed by atoms with Gasteiger partial charge in [-0.25, -0.2) is 0 Å². The number of ether oxygens (including phenoxy) is 1. The first-order valence-electron chi connectivity index (χ1n) is 4.78. The molecule has 0 radical (unpaired) electrons. The van der Waals surface area contributed by atoms with E-state index < -0.39 is 5.60 Å². The molecule has 0 atom stereocenters. The molecule has 15 heavy (non-hydrogen) atoms. The molecule has 0 unspecified atom stereocenters. The molecule has 0 heterocycles. The molecule has 0 saturated carbocycles. The van der Waals surface area contributed by atoms with Crippen molar-refractivity contribution in [3.8, 4) is 5.75 Å². The van der Waals surface area contributed by atoms with Gasteiger partial charge >= 0.3 is 0 Å². The van der Waals surface area contributed by atoms with E-state index in [1.807, 2.05) is 12.1 Å². The lowest BCUT2D eigenvalue weighted by molar-refractivity contribution is 0.0553. The van der Waals surface area contributed by atoms with E-state index in [9.17, 15) is 5.11 Å². The van der Waals surface area contributed by atoms with Gasteiger partial charge in [-0.15, -0.1) is 0 Å². The van der Waals surface area contributed by atoms with E-state index in [2.05, 4.69) is 15.9 Å². The molecule has 0 saturated heterocycles. The largest absolute Gasteiger partial charge is 0.493 e. The molecule has 1 rings (SSSR count). The lowest BCUT2D eigenvalue weighted by atomic mass is 10.1. The number of nitrogen functional groups attached to an aromatic ring is 1. The van der Waals surface area contributed by atoms with Crippen molar-refractivity contribution in [3.05, 3.63) is 22.7 Å². The minimum atomic E-state index is -0.697. The van der Waals surface area contributed by atoms with Gasteiger partial charge in [-0.3, -0.25) is 0 Å². The fourth-order valence-electron chi connectivity index (χ4n) is 1.09. The van der Waals surface area contributed by atoms with Crippen molar-refractivity contribution < 1.29 is 9.84 Å². The van der Waals surface area contributed by atoms with Crippen LogP contribution >= 0.6 is 15.9 Å². The maximum atomic E-state index is 9.49. The molecule has 0 spiro atoms. The van der Waals surface area contributed by atoms with E-state index in [1.54, 1.807) is 19.9 Å². The molecular weight excluding hydrogens is 258 g/mol. The Morgan fingerprint density at radius 1 is 1.40 bits per heavy atom. The van der Waals surface area contributed by atoms with Gasteiger partial charge < -0.3 is 15.6 Å². The van der Waals surface area contributed by atoms with Gasteiger partial charge in [-0.2, -0.15) is 0 Å². The molecule has 0 aliphatic heterocycles. The van der Waals surface area contributed by atoms with Crippen LogP contribution in [-0.2, 0) is 0 Å². The Morgan fingerprint density at radius 3 is 2.60 bits per heavy atom. The first-order chi connectivity index (χ1) is 6.87. The van der Waals surface area contributed by atoms with E-state index in [-0.39, 0.29) is 0 Å². The number of halogens is 1. The van der Waals surface area contributed by atoms with Crippen LogP contribution in [0.15, 0.2) is 22.7 Å². The van der Waals surface area contributed by atoms with Crippen LogP contribution in [0.1, 0.15) is 20.3 Å². The third kappa shape index (κ3) is 5.04. The maximum absolute atomic E-state index is 9.49. The number of hydrogen-bond donors (Lipinski definition) is 2. The van der Waals surface area contributed by atoms with E-state index in [4.69, 9.17) is 10.5 Å². The number of rotatable bonds is 4. The van der Waals surface area contributed by atoms with Crippen LogP contribution < -0.4 is 10.5 Å². The van der Waals surface area contributed by atoms with Crippen LogP contribution in [0, 0.1) is 0 Å². The number of anilines is 1. The molecule has 3 N–H and O–H groups in total. The number of aliphatic hydroxyl groups is 1. The summed E-state index contributed by atoms with van der Waals surface area (Å²) in [5.74, 6) is 0.714. The molecule has 0 bridgehead atoms. The topological polar surface area (TPSA) is 55.5 Å². The summed E-state index contributed by atoms with van der Waals surface area (Å²) in [5.41, 5.74) is 5.62. The predicted octanol–water partition coefficient (Wildman–Crippen LogP) is 2.57. The van der Waals surface area contributed by atoms with Gasteiger partial charge in [0, 0.05) is 22.6 Å². The summed E-state index contributed by atoms with van der Waals surface area (Å²) in [7, 11) is 0. The standard InChI is InChI=1S/C11H16BrNO2/c1-11(2,14)3-4-15-10-6-8(12)5-9(13)7-10/h5-7,14H,3-4,13H2,1-2H3. The summed E-state index contributed by atoms with van der Waals surface area (Å²) in [6, 6.07) is 5.42. The molecule has 1 aromatic carbocycles. The zero-order valence-electron chi connectivity index (χ0n) is 8.96. The van der Waals surface area contributed by atoms with Gasteiger partial charge in [0.1, 0.15) is 5.75 Å². The van der Waals surface area contributed by atoms with E-state index in [1.165, 1.54) is 0 Å². The first kappa shape index (κ1) is 12.3. The molecule has 0 aromatic heterocycles. The van der Waals surface area contributed by atoms with Crippen molar-refractivity contribution in [3.63, 3.8) is 0 Å². The maximum Gasteiger partial charge on any atom is 0.122 e. The summed E-state index contributed by atoms with van der Waals surface area (Å²) in [4.78, 5) is 0. The first-order valence-corrected chi connectivity index (χ1v) is 5.57. The van der Waals surface area contributed by atoms with E-state index >= 15 is 0 Å². The van der Waals surface area contributed by atoms with Crippen molar-refractivity contribution in [2.75, 3.05) is 12.3 Å². The van der Waals surface area contributed by atoms with Crippen LogP contribution in [0.5, 0.6) is 5.75 Å². The smallest absolute Gasteiger partial charge is 0.122 e. The molecule has 84 valence electrons. The monoisotopic (exact) mass is 273 g/mol. The zero-order chi connectivity index (χ0) is 11.5. The summed E-state index contributed by atoms with van der Waals surface area (Å²) in [6.45, 7) is 3.98. The Labute approximate surface area is 98.4 Å². The van der Waals surface area contributed by atoms with E-state index in [0.29, 0.717) is 24.5 Å². The highest BCUT2D eigenvalue weighted by molar-refractivity contribution is 9.10. The Balaban J connectivity index is 2.51. The van der Waals surface area contributed by atoms with Gasteiger partial charge in [0.05, 0.1) is 12.2 Å². The van der Waals surface area contributed by atoms with Crippen LogP contribution in [0.3, 0.4) is 0 Å². The third-order valence-electron chi connectivity index (χ3n) is 1.88. The second-order valence-corrected chi connectivity index (χ2v) is 5.05. The molecule has 3 nitrogen and oxygen atoms in total. The van der Waals surface area contributed by atoms with Crippen molar-refractivity contribution in [2.24, 2.45) is 0 Å². The number of hydrogen-bond acceptors (Lipinski definition) is 3. The van der Waals surface area contributed by atoms with Crippen molar-refractivity contribution in [1.29, 1.82) is 0 Å². The molecule has 0 aliphatic carbocycles. The normalized spacial score (nSPS) is 11.5. The fourth-order valence-corrected chi connectivity index (χ4v) is 1.58. The highest BCUT2D eigenvalue weighted by Crippen LogP contribution is 2.23. The summed E-state index contributed by atoms with van der Waals surface area (Å²) >= 11 is 3.33. The summed E-state index contributed by atoms with van der Waals surface area (Å²) < 4.78 is 6.36. The van der Waals surface area contributed by atoms with Gasteiger partial charge in [-0.05, 0) is 26.0 Å². The van der Waals surface area contributed by atoms with Gasteiger partial charge in [0.15, 0.2) is 0 Å². The average Bonchev–Trinajstić information content (AvgIpc) is 1.99. The van der Waals surface area contributed by atoms with Crippen LogP contribution in [-0.4, -0.2) is 17.3 Å². The highest BCUT2D eigenvalue weighted by Gasteiger charge is 2.12. The van der Waals surface area contributed by atoms with Crippen LogP contribution in [0.4, 0.5) is 5.69 Å². The Morgan fingerprint density at radius 2 is 2.07 bits per heavy atom. The third-order valence-corrected chi connectivity index (χ3v) is 2.33. The van der Waals surface area contributed by atoms with Gasteiger partial charge in [0.2, 0.25) is 0 Å². The van der Waals surface area contributed by atoms with Gasteiger partial charge in [0.25, 0.3) is 0 Å². The van der Waals surface area contributed by atoms with Crippen molar-refractivity contribution in [2.45, 2.75) is 25.9 Å². The van der Waals surface area contributed by atoms with Gasteiger partial charge in [-0.1, -0.05) is 15.9 Å². The molecule has 4 heteroatoms. The van der Waals surface area contributed by atoms with E-state index in [0.717, 1.165) is 4.47 Å². The molecule has 0 aliphatic rings. The molecular formula is C11H16BrNO2. The average molecular weight is 274 g/mol. The molecule has 0 fully saturated rings.